The van der Waals surface area contributed by atoms with Crippen molar-refractivity contribution >= 4 is 22.7 Å². The fraction of sp³-hybridized carbons (Fsp3) is 0.0588. The Labute approximate surface area is 140 Å². The minimum absolute atomic E-state index is 0.0670. The minimum Gasteiger partial charge on any atom is -0.435 e. The maximum atomic E-state index is 12.2. The lowest BCUT2D eigenvalue weighted by Crippen LogP contribution is -2.41. The highest BCUT2D eigenvalue weighted by Gasteiger charge is 2.14. The average molecular weight is 345 g/mol. The fourth-order valence-electron chi connectivity index (χ4n) is 2.33. The molecule has 0 bridgehead atoms. The van der Waals surface area contributed by atoms with Crippen molar-refractivity contribution in [1.29, 1.82) is 0 Å². The highest BCUT2D eigenvalue weighted by Crippen LogP contribution is 2.18. The molecule has 3 aromatic rings. The van der Waals surface area contributed by atoms with E-state index in [1.807, 2.05) is 12.1 Å². The summed E-state index contributed by atoms with van der Waals surface area (Å²) in [6.07, 6.45) is 1.53. The van der Waals surface area contributed by atoms with Gasteiger partial charge in [0.2, 0.25) is 0 Å². The van der Waals surface area contributed by atoms with Crippen LogP contribution in [0.2, 0.25) is 0 Å². The molecular weight excluding hydrogens is 332 g/mol. The number of hydrazine groups is 1. The Balaban J connectivity index is 1.67. The average Bonchev–Trinajstić information content (AvgIpc) is 3.03. The number of carbonyl (C=O) groups excluding carboxylic acids is 2. The molecule has 8 heteroatoms. The topological polar surface area (TPSA) is 83.2 Å². The van der Waals surface area contributed by atoms with Gasteiger partial charge in [0, 0.05) is 22.7 Å². The largest absolute Gasteiger partial charge is 0.435 e. The number of aromatic amines is 1. The Morgan fingerprint density at radius 3 is 2.56 bits per heavy atom. The zero-order chi connectivity index (χ0) is 17.8. The summed E-state index contributed by atoms with van der Waals surface area (Å²) < 4.78 is 28.7. The van der Waals surface area contributed by atoms with Gasteiger partial charge in [-0.15, -0.1) is 0 Å². The molecule has 0 atom stereocenters. The van der Waals surface area contributed by atoms with Gasteiger partial charge in [-0.25, -0.2) is 0 Å². The number of halogens is 2. The Hall–Kier alpha value is -3.42. The van der Waals surface area contributed by atoms with E-state index < -0.39 is 18.4 Å². The molecule has 0 radical (unpaired) electrons. The molecule has 1 aromatic heterocycles. The molecule has 3 rings (SSSR count). The number of H-pyrrole nitrogens is 1. The number of hydrogen-bond donors (Lipinski definition) is 3. The van der Waals surface area contributed by atoms with Crippen molar-refractivity contribution in [3.63, 3.8) is 0 Å². The smallest absolute Gasteiger partial charge is 0.387 e. The molecule has 0 spiro atoms. The van der Waals surface area contributed by atoms with E-state index in [4.69, 9.17) is 0 Å². The molecule has 25 heavy (non-hydrogen) atoms. The van der Waals surface area contributed by atoms with Crippen LogP contribution in [0.3, 0.4) is 0 Å². The van der Waals surface area contributed by atoms with E-state index in [-0.39, 0.29) is 11.3 Å². The molecule has 0 saturated carbocycles. The van der Waals surface area contributed by atoms with Crippen LogP contribution in [0, 0.1) is 0 Å². The molecule has 1 heterocycles. The first-order valence-corrected chi connectivity index (χ1v) is 7.26. The van der Waals surface area contributed by atoms with Gasteiger partial charge >= 0.3 is 6.61 Å². The zero-order valence-electron chi connectivity index (χ0n) is 12.8. The van der Waals surface area contributed by atoms with Crippen molar-refractivity contribution < 1.29 is 23.1 Å². The van der Waals surface area contributed by atoms with E-state index in [0.29, 0.717) is 10.9 Å². The third-order valence-electron chi connectivity index (χ3n) is 3.44. The van der Waals surface area contributed by atoms with Crippen LogP contribution in [0.5, 0.6) is 5.75 Å². The summed E-state index contributed by atoms with van der Waals surface area (Å²) in [4.78, 5) is 27.2. The van der Waals surface area contributed by atoms with E-state index in [1.165, 1.54) is 24.4 Å². The number of benzene rings is 2. The number of fused-ring (bicyclic) bond motifs is 1. The van der Waals surface area contributed by atoms with Gasteiger partial charge in [0.1, 0.15) is 5.75 Å². The normalized spacial score (nSPS) is 10.7. The molecule has 0 unspecified atom stereocenters. The van der Waals surface area contributed by atoms with Gasteiger partial charge in [-0.1, -0.05) is 24.3 Å². The number of nitrogens with one attached hydrogen (secondary N) is 3. The third kappa shape index (κ3) is 3.74. The number of alkyl halides is 2. The van der Waals surface area contributed by atoms with Crippen LogP contribution in [-0.4, -0.2) is 23.4 Å². The molecule has 0 aliphatic rings. The van der Waals surface area contributed by atoms with Crippen molar-refractivity contribution in [3.05, 3.63) is 65.9 Å². The van der Waals surface area contributed by atoms with Gasteiger partial charge in [-0.05, 0) is 24.3 Å². The van der Waals surface area contributed by atoms with E-state index in [2.05, 4.69) is 20.6 Å². The van der Waals surface area contributed by atoms with E-state index >= 15 is 0 Å². The second kappa shape index (κ2) is 7.00. The van der Waals surface area contributed by atoms with Crippen molar-refractivity contribution in [2.24, 2.45) is 0 Å². The number of ether oxygens (including phenoxy) is 1. The Morgan fingerprint density at radius 1 is 1.00 bits per heavy atom. The maximum Gasteiger partial charge on any atom is 0.387 e. The summed E-state index contributed by atoms with van der Waals surface area (Å²) in [5.41, 5.74) is 5.75. The number of rotatable bonds is 4. The Kier molecular flexibility index (Phi) is 4.60. The van der Waals surface area contributed by atoms with Crippen molar-refractivity contribution in [2.75, 3.05) is 0 Å². The SMILES string of the molecule is O=C(NNC(=O)c1c[nH]c2ccccc12)c1cccc(OC(F)F)c1. The molecule has 128 valence electrons. The maximum absolute atomic E-state index is 12.2. The summed E-state index contributed by atoms with van der Waals surface area (Å²) in [6, 6.07) is 12.5. The predicted octanol–water partition coefficient (Wildman–Crippen LogP) is 2.84. The van der Waals surface area contributed by atoms with Crippen LogP contribution in [0.15, 0.2) is 54.7 Å². The molecule has 2 amide bonds. The van der Waals surface area contributed by atoms with Gasteiger partial charge in [-0.3, -0.25) is 20.4 Å². The summed E-state index contributed by atoms with van der Waals surface area (Å²) in [5, 5.41) is 0.710. The van der Waals surface area contributed by atoms with Crippen LogP contribution in [0.4, 0.5) is 8.78 Å². The summed E-state index contributed by atoms with van der Waals surface area (Å²) >= 11 is 0. The first kappa shape index (κ1) is 16.4. The summed E-state index contributed by atoms with van der Waals surface area (Å²) in [6.45, 7) is -2.99. The highest BCUT2D eigenvalue weighted by molar-refractivity contribution is 6.07. The molecule has 6 nitrogen and oxygen atoms in total. The van der Waals surface area contributed by atoms with E-state index in [0.717, 1.165) is 11.6 Å². The lowest BCUT2D eigenvalue weighted by molar-refractivity contribution is -0.0498. The second-order valence-electron chi connectivity index (χ2n) is 5.06. The van der Waals surface area contributed by atoms with Crippen molar-refractivity contribution in [3.8, 4) is 5.75 Å². The Morgan fingerprint density at radius 2 is 1.76 bits per heavy atom. The lowest BCUT2D eigenvalue weighted by Gasteiger charge is -2.09. The van der Waals surface area contributed by atoms with Gasteiger partial charge in [-0.2, -0.15) is 8.78 Å². The van der Waals surface area contributed by atoms with Crippen molar-refractivity contribution in [1.82, 2.24) is 15.8 Å². The summed E-state index contributed by atoms with van der Waals surface area (Å²) in [5.74, 6) is -1.32. The first-order valence-electron chi connectivity index (χ1n) is 7.26. The van der Waals surface area contributed by atoms with Gasteiger partial charge in [0.25, 0.3) is 11.8 Å². The lowest BCUT2D eigenvalue weighted by atomic mass is 10.2. The Bertz CT molecular complexity index is 924. The molecular formula is C17H13F2N3O3. The number of hydrogen-bond acceptors (Lipinski definition) is 3. The molecule has 0 aliphatic heterocycles. The van der Waals surface area contributed by atoms with Crippen LogP contribution >= 0.6 is 0 Å². The van der Waals surface area contributed by atoms with E-state index in [1.54, 1.807) is 12.1 Å². The minimum atomic E-state index is -2.99. The fourth-order valence-corrected chi connectivity index (χ4v) is 2.33. The quantitative estimate of drug-likeness (QED) is 0.636. The van der Waals surface area contributed by atoms with Crippen molar-refractivity contribution in [2.45, 2.75) is 6.61 Å². The predicted molar refractivity (Wildman–Crippen MR) is 86.3 cm³/mol. The van der Waals surface area contributed by atoms with Crippen LogP contribution in [0.25, 0.3) is 10.9 Å². The van der Waals surface area contributed by atoms with E-state index in [9.17, 15) is 18.4 Å². The second-order valence-corrected chi connectivity index (χ2v) is 5.06. The highest BCUT2D eigenvalue weighted by atomic mass is 19.3. The van der Waals surface area contributed by atoms with Gasteiger partial charge in [0.05, 0.1) is 5.56 Å². The van der Waals surface area contributed by atoms with Crippen LogP contribution in [0.1, 0.15) is 20.7 Å². The zero-order valence-corrected chi connectivity index (χ0v) is 12.8. The number of carbonyl (C=O) groups is 2. The molecule has 0 saturated heterocycles. The number of amides is 2. The molecule has 2 aromatic carbocycles. The van der Waals surface area contributed by atoms with Gasteiger partial charge in [0.15, 0.2) is 0 Å². The molecule has 3 N–H and O–H groups in total. The number of aromatic nitrogens is 1. The molecule has 0 aliphatic carbocycles. The summed E-state index contributed by atoms with van der Waals surface area (Å²) in [7, 11) is 0. The van der Waals surface area contributed by atoms with Crippen LogP contribution < -0.4 is 15.6 Å². The van der Waals surface area contributed by atoms with Gasteiger partial charge < -0.3 is 9.72 Å². The third-order valence-corrected chi connectivity index (χ3v) is 3.44. The molecule has 0 fully saturated rings. The monoisotopic (exact) mass is 345 g/mol. The number of para-hydroxylation sites is 1. The van der Waals surface area contributed by atoms with Crippen LogP contribution in [-0.2, 0) is 0 Å². The first-order chi connectivity index (χ1) is 12.0. The standard InChI is InChI=1S/C17H13F2N3O3/c18-17(19)25-11-5-3-4-10(8-11)15(23)21-22-16(24)13-9-20-14-7-2-1-6-12(13)14/h1-9,17,20H,(H,21,23)(H,22,24).